The molecule has 0 N–H and O–H groups in total. The van der Waals surface area contributed by atoms with Gasteiger partial charge in [-0.1, -0.05) is 41.9 Å². The minimum absolute atomic E-state index is 0.227. The van der Waals surface area contributed by atoms with E-state index in [-0.39, 0.29) is 13.2 Å². The molecule has 0 amide bonds. The molecule has 6 heteroatoms. The number of halogens is 1. The smallest absolute Gasteiger partial charge is 0.403 e. The number of hydrogen-bond acceptors (Lipinski definition) is 4. The Kier molecular flexibility index (Phi) is 6.25. The first kappa shape index (κ1) is 18.0. The Morgan fingerprint density at radius 1 is 1.04 bits per heavy atom. The van der Waals surface area contributed by atoms with Gasteiger partial charge in [0.05, 0.1) is 13.2 Å². The lowest BCUT2D eigenvalue weighted by Crippen LogP contribution is -2.03. The summed E-state index contributed by atoms with van der Waals surface area (Å²) in [6.07, 6.45) is 0. The lowest BCUT2D eigenvalue weighted by atomic mass is 10.0. The summed E-state index contributed by atoms with van der Waals surface area (Å²) >= 11 is 6.24. The van der Waals surface area contributed by atoms with Gasteiger partial charge in [0.15, 0.2) is 0 Å². The van der Waals surface area contributed by atoms with Crippen molar-refractivity contribution in [3.8, 4) is 16.9 Å². The Balaban J connectivity index is 2.48. The van der Waals surface area contributed by atoms with Gasteiger partial charge in [-0.15, -0.1) is 0 Å². The second-order valence-corrected chi connectivity index (χ2v) is 6.84. The highest BCUT2D eigenvalue weighted by molar-refractivity contribution is 7.48. The third-order valence-corrected chi connectivity index (χ3v) is 5.11. The average molecular weight is 355 g/mol. The first-order valence-electron chi connectivity index (χ1n) is 7.43. The van der Waals surface area contributed by atoms with Crippen LogP contribution in [-0.2, 0) is 13.6 Å². The summed E-state index contributed by atoms with van der Waals surface area (Å²) in [5.74, 6) is 0.420. The van der Waals surface area contributed by atoms with Crippen molar-refractivity contribution in [1.29, 1.82) is 0 Å². The second-order valence-electron chi connectivity index (χ2n) is 4.84. The van der Waals surface area contributed by atoms with Crippen molar-refractivity contribution in [3.63, 3.8) is 0 Å². The Hall–Kier alpha value is -1.32. The van der Waals surface area contributed by atoms with Crippen LogP contribution in [0.3, 0.4) is 0 Å². The minimum atomic E-state index is -3.67. The molecule has 0 atom stereocenters. The third-order valence-electron chi connectivity index (χ3n) is 3.13. The van der Waals surface area contributed by atoms with E-state index >= 15 is 0 Å². The predicted molar refractivity (Wildman–Crippen MR) is 93.1 cm³/mol. The van der Waals surface area contributed by atoms with Gasteiger partial charge < -0.3 is 4.52 Å². The van der Waals surface area contributed by atoms with Crippen LogP contribution in [0, 0.1) is 6.92 Å². The van der Waals surface area contributed by atoms with Gasteiger partial charge in [0.1, 0.15) is 5.75 Å². The van der Waals surface area contributed by atoms with E-state index in [9.17, 15) is 4.57 Å². The van der Waals surface area contributed by atoms with Gasteiger partial charge in [-0.2, -0.15) is 0 Å². The van der Waals surface area contributed by atoms with Gasteiger partial charge in [-0.25, -0.2) is 4.57 Å². The maximum atomic E-state index is 12.7. The van der Waals surface area contributed by atoms with Crippen LogP contribution in [0.5, 0.6) is 5.75 Å². The Bertz CT molecular complexity index is 693. The topological polar surface area (TPSA) is 44.8 Å². The van der Waals surface area contributed by atoms with Gasteiger partial charge in [0.25, 0.3) is 0 Å². The van der Waals surface area contributed by atoms with Crippen LogP contribution in [-0.4, -0.2) is 13.2 Å². The normalized spacial score (nSPS) is 11.5. The monoisotopic (exact) mass is 354 g/mol. The molecule has 124 valence electrons. The summed E-state index contributed by atoms with van der Waals surface area (Å²) in [4.78, 5) is 0. The molecule has 0 aliphatic carbocycles. The number of benzene rings is 2. The molecule has 0 saturated heterocycles. The lowest BCUT2D eigenvalue weighted by Gasteiger charge is -2.20. The fraction of sp³-hybridized carbons (Fsp3) is 0.294. The molecule has 0 bridgehead atoms. The molecular formula is C17H20ClO4P. The van der Waals surface area contributed by atoms with E-state index in [0.717, 1.165) is 16.7 Å². The van der Waals surface area contributed by atoms with Gasteiger partial charge >= 0.3 is 7.82 Å². The summed E-state index contributed by atoms with van der Waals surface area (Å²) < 4.78 is 28.7. The summed E-state index contributed by atoms with van der Waals surface area (Å²) in [6.45, 7) is 5.78. The van der Waals surface area contributed by atoms with Gasteiger partial charge in [0.2, 0.25) is 0 Å². The van der Waals surface area contributed by atoms with Crippen molar-refractivity contribution in [2.45, 2.75) is 20.8 Å². The Morgan fingerprint density at radius 3 is 2.22 bits per heavy atom. The first-order chi connectivity index (χ1) is 11.0. The molecule has 0 aliphatic rings. The van der Waals surface area contributed by atoms with E-state index in [0.29, 0.717) is 10.8 Å². The molecule has 4 nitrogen and oxygen atoms in total. The van der Waals surface area contributed by atoms with Gasteiger partial charge in [-0.3, -0.25) is 9.05 Å². The highest BCUT2D eigenvalue weighted by Crippen LogP contribution is 2.51. The molecule has 2 aromatic rings. The SMILES string of the molecule is CCOP(=O)(OCC)Oc1cc(C)c(Cl)cc1-c1ccccc1. The van der Waals surface area contributed by atoms with E-state index in [2.05, 4.69) is 0 Å². The van der Waals surface area contributed by atoms with Crippen molar-refractivity contribution in [2.75, 3.05) is 13.2 Å². The van der Waals surface area contributed by atoms with Crippen LogP contribution in [0.15, 0.2) is 42.5 Å². The van der Waals surface area contributed by atoms with Crippen molar-refractivity contribution in [2.24, 2.45) is 0 Å². The molecular weight excluding hydrogens is 335 g/mol. The Labute approximate surface area is 142 Å². The van der Waals surface area contributed by atoms with Crippen LogP contribution in [0.25, 0.3) is 11.1 Å². The maximum absolute atomic E-state index is 12.7. The van der Waals surface area contributed by atoms with Crippen molar-refractivity contribution in [1.82, 2.24) is 0 Å². The zero-order valence-electron chi connectivity index (χ0n) is 13.4. The van der Waals surface area contributed by atoms with Crippen LogP contribution in [0.2, 0.25) is 5.02 Å². The van der Waals surface area contributed by atoms with Crippen molar-refractivity contribution < 1.29 is 18.1 Å². The lowest BCUT2D eigenvalue weighted by molar-refractivity contribution is 0.167. The number of phosphoric ester groups is 1. The number of aryl methyl sites for hydroxylation is 1. The standard InChI is InChI=1S/C17H20ClO4P/c1-4-20-23(19,21-5-2)22-17-11-13(3)16(18)12-15(17)14-9-7-6-8-10-14/h6-12H,4-5H2,1-3H3. The van der Waals surface area contributed by atoms with Crippen LogP contribution in [0.1, 0.15) is 19.4 Å². The summed E-state index contributed by atoms with van der Waals surface area (Å²) in [5, 5.41) is 0.610. The fourth-order valence-electron chi connectivity index (χ4n) is 2.10. The summed E-state index contributed by atoms with van der Waals surface area (Å²) in [7, 11) is -3.67. The van der Waals surface area contributed by atoms with E-state index < -0.39 is 7.82 Å². The van der Waals surface area contributed by atoms with Gasteiger partial charge in [0, 0.05) is 10.6 Å². The van der Waals surface area contributed by atoms with E-state index in [1.807, 2.05) is 37.3 Å². The molecule has 0 radical (unpaired) electrons. The summed E-state index contributed by atoms with van der Waals surface area (Å²) in [5.41, 5.74) is 2.46. The number of phosphoric acid groups is 1. The zero-order valence-corrected chi connectivity index (χ0v) is 15.1. The van der Waals surface area contributed by atoms with Crippen molar-refractivity contribution in [3.05, 3.63) is 53.1 Å². The largest absolute Gasteiger partial charge is 0.530 e. The van der Waals surface area contributed by atoms with Crippen molar-refractivity contribution >= 4 is 19.4 Å². The number of hydrogen-bond donors (Lipinski definition) is 0. The molecule has 0 unspecified atom stereocenters. The maximum Gasteiger partial charge on any atom is 0.530 e. The van der Waals surface area contributed by atoms with Gasteiger partial charge in [-0.05, 0) is 44.0 Å². The molecule has 2 rings (SSSR count). The quantitative estimate of drug-likeness (QED) is 0.583. The van der Waals surface area contributed by atoms with Crippen LogP contribution in [0.4, 0.5) is 0 Å². The molecule has 0 aliphatic heterocycles. The highest BCUT2D eigenvalue weighted by Gasteiger charge is 2.29. The third kappa shape index (κ3) is 4.58. The summed E-state index contributed by atoms with van der Waals surface area (Å²) in [6, 6.07) is 13.2. The zero-order chi connectivity index (χ0) is 16.9. The fourth-order valence-corrected chi connectivity index (χ4v) is 3.47. The second kappa shape index (κ2) is 7.98. The Morgan fingerprint density at radius 2 is 1.65 bits per heavy atom. The minimum Gasteiger partial charge on any atom is -0.403 e. The number of rotatable bonds is 7. The molecule has 23 heavy (non-hydrogen) atoms. The van der Waals surface area contributed by atoms with Crippen LogP contribution >= 0.6 is 19.4 Å². The van der Waals surface area contributed by atoms with E-state index in [1.54, 1.807) is 26.0 Å². The average Bonchev–Trinajstić information content (AvgIpc) is 2.52. The molecule has 0 fully saturated rings. The molecule has 0 spiro atoms. The molecule has 2 aromatic carbocycles. The molecule has 0 heterocycles. The van der Waals surface area contributed by atoms with E-state index in [1.165, 1.54) is 0 Å². The molecule has 0 saturated carbocycles. The van der Waals surface area contributed by atoms with E-state index in [4.69, 9.17) is 25.2 Å². The predicted octanol–water partition coefficient (Wildman–Crippen LogP) is 5.88. The molecule has 0 aromatic heterocycles. The highest BCUT2D eigenvalue weighted by atomic mass is 35.5. The van der Waals surface area contributed by atoms with Crippen LogP contribution < -0.4 is 4.52 Å². The first-order valence-corrected chi connectivity index (χ1v) is 9.27.